The second-order valence-corrected chi connectivity index (χ2v) is 12.0. The molecular weight excluding hydrogens is 586 g/mol. The molecule has 0 saturated carbocycles. The van der Waals surface area contributed by atoms with Crippen LogP contribution >= 0.6 is 0 Å². The molecule has 2 N–H and O–H groups in total. The lowest BCUT2D eigenvalue weighted by molar-refractivity contribution is -0.121. The highest BCUT2D eigenvalue weighted by molar-refractivity contribution is 6.02. The minimum absolute atomic E-state index is 0.0644. The lowest BCUT2D eigenvalue weighted by Crippen LogP contribution is -2.34. The van der Waals surface area contributed by atoms with Gasteiger partial charge in [0.25, 0.3) is 0 Å². The van der Waals surface area contributed by atoms with Crippen molar-refractivity contribution >= 4 is 28.4 Å². The molecule has 2 amide bonds. The van der Waals surface area contributed by atoms with E-state index in [1.165, 1.54) is 22.8 Å². The van der Waals surface area contributed by atoms with Gasteiger partial charge in [0, 0.05) is 68.8 Å². The molecular formula is C35H47N5O6. The van der Waals surface area contributed by atoms with E-state index in [4.69, 9.17) is 18.9 Å². The van der Waals surface area contributed by atoms with E-state index in [0.717, 1.165) is 55.0 Å². The van der Waals surface area contributed by atoms with Gasteiger partial charge in [-0.1, -0.05) is 30.8 Å². The van der Waals surface area contributed by atoms with E-state index in [1.54, 1.807) is 0 Å². The molecule has 0 radical (unpaired) electrons. The van der Waals surface area contributed by atoms with E-state index < -0.39 is 0 Å². The summed E-state index contributed by atoms with van der Waals surface area (Å²) in [6, 6.07) is 12.9. The normalized spacial score (nSPS) is 17.7. The average Bonchev–Trinajstić information content (AvgIpc) is 3.78. The molecule has 248 valence electrons. The first-order valence-electron chi connectivity index (χ1n) is 16.0. The second kappa shape index (κ2) is 16.2. The molecule has 2 aliphatic heterocycles. The average molecular weight is 634 g/mol. The van der Waals surface area contributed by atoms with Gasteiger partial charge in [-0.3, -0.25) is 14.5 Å². The van der Waals surface area contributed by atoms with Crippen LogP contribution in [0.4, 0.5) is 5.69 Å². The molecule has 11 heteroatoms. The predicted octanol–water partition coefficient (Wildman–Crippen LogP) is 2.93. The van der Waals surface area contributed by atoms with Crippen LogP contribution in [0.3, 0.4) is 0 Å². The molecule has 3 aromatic rings. The fourth-order valence-electron chi connectivity index (χ4n) is 6.51. The zero-order valence-electron chi connectivity index (χ0n) is 27.3. The molecule has 0 bridgehead atoms. The molecule has 0 unspecified atom stereocenters. The smallest absolute Gasteiger partial charge is 0.250 e. The molecule has 2 aliphatic rings. The van der Waals surface area contributed by atoms with Gasteiger partial charge >= 0.3 is 0 Å². The van der Waals surface area contributed by atoms with Crippen LogP contribution < -0.4 is 15.4 Å². The lowest BCUT2D eigenvalue weighted by atomic mass is 9.93. The number of carbonyl (C=O) groups excluding carboxylic acids is 2. The third kappa shape index (κ3) is 8.34. The molecule has 2 atom stereocenters. The molecule has 3 heterocycles. The maximum absolute atomic E-state index is 12.8. The first-order valence-corrected chi connectivity index (χ1v) is 16.0. The molecule has 1 saturated heterocycles. The Morgan fingerprint density at radius 3 is 2.59 bits per heavy atom. The second-order valence-electron chi connectivity index (χ2n) is 12.0. The van der Waals surface area contributed by atoms with Gasteiger partial charge in [-0.05, 0) is 43.4 Å². The molecule has 2 aromatic carbocycles. The van der Waals surface area contributed by atoms with Gasteiger partial charge in [-0.15, -0.1) is 0 Å². The van der Waals surface area contributed by atoms with E-state index in [0.29, 0.717) is 51.5 Å². The standard InChI is InChI=1S/C35H47N5O6/c1-5-33(41)36-13-15-43-16-17-44-18-19-45-24-34(42)37-30-10-7-9-27-28(21-39(4)35(27)30)29-22-40(23-31(29)38(2)3)20-25-8-6-11-32-26(25)12-14-46-32/h5-11,21,29,31H,1,12-20,22-24H2,2-4H3,(H,36,41)(H,37,42)/t29-,31+/m1/s1. The number of nitrogens with one attached hydrogen (secondary N) is 2. The number of benzene rings is 2. The third-order valence-corrected chi connectivity index (χ3v) is 8.68. The number of rotatable bonds is 17. The van der Waals surface area contributed by atoms with Crippen LogP contribution in [-0.2, 0) is 43.8 Å². The Morgan fingerprint density at radius 1 is 1.04 bits per heavy atom. The van der Waals surface area contributed by atoms with Gasteiger partial charge in [0.2, 0.25) is 11.8 Å². The summed E-state index contributed by atoms with van der Waals surface area (Å²) in [5.41, 5.74) is 5.79. The monoisotopic (exact) mass is 633 g/mol. The number of fused-ring (bicyclic) bond motifs is 2. The topological polar surface area (TPSA) is 107 Å². The number of carbonyl (C=O) groups is 2. The number of anilines is 1. The summed E-state index contributed by atoms with van der Waals surface area (Å²) >= 11 is 0. The zero-order valence-corrected chi connectivity index (χ0v) is 27.3. The van der Waals surface area contributed by atoms with E-state index >= 15 is 0 Å². The molecule has 0 aliphatic carbocycles. The van der Waals surface area contributed by atoms with E-state index in [2.05, 4.69) is 76.1 Å². The van der Waals surface area contributed by atoms with Crippen molar-refractivity contribution in [3.8, 4) is 5.75 Å². The Morgan fingerprint density at radius 2 is 1.80 bits per heavy atom. The molecule has 0 spiro atoms. The minimum atomic E-state index is -0.224. The molecule has 5 rings (SSSR count). The zero-order chi connectivity index (χ0) is 32.5. The van der Waals surface area contributed by atoms with Gasteiger partial charge in [0.15, 0.2) is 0 Å². The lowest BCUT2D eigenvalue weighted by Gasteiger charge is -2.25. The Hall–Kier alpha value is -3.74. The minimum Gasteiger partial charge on any atom is -0.493 e. The summed E-state index contributed by atoms with van der Waals surface area (Å²) < 4.78 is 24.4. The number of amides is 2. The van der Waals surface area contributed by atoms with Crippen LogP contribution in [0.5, 0.6) is 5.75 Å². The molecule has 11 nitrogen and oxygen atoms in total. The van der Waals surface area contributed by atoms with Crippen molar-refractivity contribution in [2.75, 3.05) is 85.3 Å². The molecule has 1 fully saturated rings. The van der Waals surface area contributed by atoms with Crippen LogP contribution in [0.1, 0.15) is 22.6 Å². The third-order valence-electron chi connectivity index (χ3n) is 8.68. The van der Waals surface area contributed by atoms with Gasteiger partial charge in [-0.25, -0.2) is 0 Å². The molecule has 1 aromatic heterocycles. The van der Waals surface area contributed by atoms with Gasteiger partial charge in [-0.2, -0.15) is 0 Å². The summed E-state index contributed by atoms with van der Waals surface area (Å²) in [4.78, 5) is 28.8. The summed E-state index contributed by atoms with van der Waals surface area (Å²) in [6.07, 6.45) is 4.43. The van der Waals surface area contributed by atoms with Crippen LogP contribution in [-0.4, -0.2) is 112 Å². The predicted molar refractivity (Wildman–Crippen MR) is 178 cm³/mol. The van der Waals surface area contributed by atoms with Crippen LogP contribution in [0, 0.1) is 0 Å². The number of nitrogens with zero attached hydrogens (tertiary/aromatic N) is 3. The fourth-order valence-corrected chi connectivity index (χ4v) is 6.51. The van der Waals surface area contributed by atoms with Crippen LogP contribution in [0.15, 0.2) is 55.3 Å². The largest absolute Gasteiger partial charge is 0.493 e. The number of aryl methyl sites for hydroxylation is 1. The van der Waals surface area contributed by atoms with Crippen molar-refractivity contribution in [1.29, 1.82) is 0 Å². The first-order chi connectivity index (χ1) is 22.4. The van der Waals surface area contributed by atoms with Gasteiger partial charge < -0.3 is 39.0 Å². The number of para-hydroxylation sites is 1. The van der Waals surface area contributed by atoms with Crippen LogP contribution in [0.25, 0.3) is 10.9 Å². The number of likely N-dealkylation sites (N-methyl/N-ethyl adjacent to an activating group) is 1. The van der Waals surface area contributed by atoms with Crippen molar-refractivity contribution < 1.29 is 28.5 Å². The Balaban J connectivity index is 1.13. The number of likely N-dealkylation sites (tertiary alicyclic amines) is 1. The Kier molecular flexibility index (Phi) is 11.8. The first kappa shape index (κ1) is 33.6. The van der Waals surface area contributed by atoms with Gasteiger partial charge in [0.05, 0.1) is 50.8 Å². The summed E-state index contributed by atoms with van der Waals surface area (Å²) in [7, 11) is 6.38. The number of ether oxygens (including phenoxy) is 4. The van der Waals surface area contributed by atoms with Crippen molar-refractivity contribution in [2.45, 2.75) is 24.9 Å². The summed E-state index contributed by atoms with van der Waals surface area (Å²) in [6.45, 7) is 9.23. The fraction of sp³-hybridized carbons (Fsp3) is 0.486. The van der Waals surface area contributed by atoms with E-state index in [-0.39, 0.29) is 18.4 Å². The number of hydrogen-bond donors (Lipinski definition) is 2. The van der Waals surface area contributed by atoms with E-state index in [1.807, 2.05) is 19.2 Å². The van der Waals surface area contributed by atoms with Crippen LogP contribution in [0.2, 0.25) is 0 Å². The van der Waals surface area contributed by atoms with Crippen molar-refractivity contribution in [2.24, 2.45) is 7.05 Å². The highest BCUT2D eigenvalue weighted by Gasteiger charge is 2.37. The maximum Gasteiger partial charge on any atom is 0.250 e. The van der Waals surface area contributed by atoms with E-state index in [9.17, 15) is 9.59 Å². The molecule has 46 heavy (non-hydrogen) atoms. The summed E-state index contributed by atoms with van der Waals surface area (Å²) in [5, 5.41) is 6.85. The van der Waals surface area contributed by atoms with Crippen molar-refractivity contribution in [3.05, 3.63) is 71.9 Å². The summed E-state index contributed by atoms with van der Waals surface area (Å²) in [5.74, 6) is 0.923. The van der Waals surface area contributed by atoms with Crippen molar-refractivity contribution in [3.63, 3.8) is 0 Å². The maximum atomic E-state index is 12.8. The highest BCUT2D eigenvalue weighted by Crippen LogP contribution is 2.39. The quantitative estimate of drug-likeness (QED) is 0.173. The van der Waals surface area contributed by atoms with Crippen molar-refractivity contribution in [1.82, 2.24) is 19.7 Å². The Labute approximate surface area is 271 Å². The van der Waals surface area contributed by atoms with Gasteiger partial charge in [0.1, 0.15) is 12.4 Å². The number of hydrogen-bond acceptors (Lipinski definition) is 8. The SMILES string of the molecule is C=CC(=O)NCCOCCOCCOCC(=O)Nc1cccc2c([C@H]3CN(Cc4cccc5c4CCO5)C[C@@H]3N(C)C)cn(C)c12. The highest BCUT2D eigenvalue weighted by atomic mass is 16.5. The Bertz CT molecular complexity index is 1500. The number of aromatic nitrogens is 1.